The largest absolute Gasteiger partial charge is 0.325 e. The van der Waals surface area contributed by atoms with Gasteiger partial charge in [0.2, 0.25) is 5.91 Å². The Morgan fingerprint density at radius 1 is 1.21 bits per heavy atom. The molecule has 0 atom stereocenters. The van der Waals surface area contributed by atoms with Crippen molar-refractivity contribution in [3.05, 3.63) is 81.2 Å². The number of aryl methyl sites for hydroxylation is 1. The van der Waals surface area contributed by atoms with Crippen molar-refractivity contribution in [2.75, 3.05) is 16.8 Å². The number of nitrogens with one attached hydrogen (secondary N) is 1. The lowest BCUT2D eigenvalue weighted by Gasteiger charge is -2.14. The summed E-state index contributed by atoms with van der Waals surface area (Å²) >= 11 is 8.80. The molecule has 8 heteroatoms. The quantitative estimate of drug-likeness (QED) is 0.454. The molecule has 4 rings (SSSR count). The second kappa shape index (κ2) is 9.07. The average Bonchev–Trinajstić information content (AvgIpc) is 3.18. The van der Waals surface area contributed by atoms with Gasteiger partial charge in [0.15, 0.2) is 5.16 Å². The van der Waals surface area contributed by atoms with Crippen LogP contribution < -0.4 is 10.9 Å². The van der Waals surface area contributed by atoms with Crippen molar-refractivity contribution < 1.29 is 4.79 Å². The van der Waals surface area contributed by atoms with E-state index in [-0.39, 0.29) is 17.2 Å². The molecule has 0 radical (unpaired) electrons. The van der Waals surface area contributed by atoms with Crippen molar-refractivity contribution in [1.29, 1.82) is 0 Å². The minimum absolute atomic E-state index is 0.0286. The van der Waals surface area contributed by atoms with Gasteiger partial charge in [0.05, 0.1) is 22.9 Å². The number of halogens is 1. The first-order chi connectivity index (χ1) is 14.1. The molecule has 2 heterocycles. The summed E-state index contributed by atoms with van der Waals surface area (Å²) in [5, 5.41) is 3.96. The van der Waals surface area contributed by atoms with Crippen molar-refractivity contribution in [2.45, 2.75) is 23.0 Å². The van der Waals surface area contributed by atoms with Gasteiger partial charge in [-0.2, -0.15) is 0 Å². The summed E-state index contributed by atoms with van der Waals surface area (Å²) in [5.74, 6) is 0.846. The Labute approximate surface area is 181 Å². The summed E-state index contributed by atoms with van der Waals surface area (Å²) in [6, 6.07) is 16.8. The van der Waals surface area contributed by atoms with Crippen molar-refractivity contribution in [2.24, 2.45) is 0 Å². The number of carbonyl (C=O) groups excluding carboxylic acids is 1. The van der Waals surface area contributed by atoms with Crippen LogP contribution in [0.1, 0.15) is 11.3 Å². The molecule has 0 saturated heterocycles. The van der Waals surface area contributed by atoms with Gasteiger partial charge in [-0.25, -0.2) is 4.98 Å². The van der Waals surface area contributed by atoms with E-state index in [1.807, 2.05) is 30.3 Å². The fourth-order valence-electron chi connectivity index (χ4n) is 3.03. The number of anilines is 1. The molecule has 0 unspecified atom stereocenters. The van der Waals surface area contributed by atoms with Gasteiger partial charge in [0.25, 0.3) is 5.56 Å². The number of thioether (sulfide) groups is 2. The lowest BCUT2D eigenvalue weighted by molar-refractivity contribution is -0.113. The molecule has 1 aromatic heterocycles. The lowest BCUT2D eigenvalue weighted by atomic mass is 10.2. The number of hydrogen-bond acceptors (Lipinski definition) is 5. The summed E-state index contributed by atoms with van der Waals surface area (Å²) in [6.45, 7) is 0.429. The topological polar surface area (TPSA) is 64.0 Å². The minimum Gasteiger partial charge on any atom is -0.325 e. The maximum Gasteiger partial charge on any atom is 0.268 e. The highest BCUT2D eigenvalue weighted by Gasteiger charge is 2.22. The Balaban J connectivity index is 1.55. The summed E-state index contributed by atoms with van der Waals surface area (Å²) in [4.78, 5) is 30.9. The number of amides is 1. The molecule has 1 amide bonds. The zero-order valence-corrected chi connectivity index (χ0v) is 17.8. The number of carbonyl (C=O) groups is 1. The highest BCUT2D eigenvalue weighted by Crippen LogP contribution is 2.29. The summed E-state index contributed by atoms with van der Waals surface area (Å²) < 4.78 is 1.67. The van der Waals surface area contributed by atoms with Crippen LogP contribution in [0.3, 0.4) is 0 Å². The van der Waals surface area contributed by atoms with Crippen molar-refractivity contribution in [1.82, 2.24) is 9.55 Å². The van der Waals surface area contributed by atoms with Gasteiger partial charge in [0, 0.05) is 22.9 Å². The van der Waals surface area contributed by atoms with Crippen LogP contribution in [0.5, 0.6) is 0 Å². The molecule has 5 nitrogen and oxygen atoms in total. The van der Waals surface area contributed by atoms with Crippen molar-refractivity contribution in [3.63, 3.8) is 0 Å². The van der Waals surface area contributed by atoms with Crippen LogP contribution in [-0.4, -0.2) is 27.0 Å². The highest BCUT2D eigenvalue weighted by molar-refractivity contribution is 8.00. The molecule has 0 spiro atoms. The molecule has 0 aliphatic carbocycles. The third-order valence-electron chi connectivity index (χ3n) is 4.37. The fraction of sp³-hybridized carbons (Fsp3) is 0.190. The number of rotatable bonds is 6. The molecular formula is C21H18ClN3O2S2. The first-order valence-electron chi connectivity index (χ1n) is 9.09. The predicted octanol–water partition coefficient (Wildman–Crippen LogP) is 4.32. The average molecular weight is 444 g/mol. The fourth-order valence-corrected chi connectivity index (χ4v) is 5.08. The highest BCUT2D eigenvalue weighted by atomic mass is 35.5. The van der Waals surface area contributed by atoms with Crippen LogP contribution in [0.15, 0.2) is 69.4 Å². The van der Waals surface area contributed by atoms with Gasteiger partial charge < -0.3 is 5.32 Å². The zero-order chi connectivity index (χ0) is 20.2. The van der Waals surface area contributed by atoms with Crippen LogP contribution in [0.4, 0.5) is 5.69 Å². The standard InChI is InChI=1S/C21H18ClN3O2S2/c22-15-7-4-8-16(11-15)23-18(26)13-29-21-24-17-9-10-28-19(17)20(27)25(21)12-14-5-2-1-3-6-14/h1-8,11H,9-10,12-13H2,(H,23,26). The number of nitrogens with zero attached hydrogens (tertiary/aromatic N) is 2. The molecule has 0 fully saturated rings. The molecule has 1 aliphatic heterocycles. The van der Waals surface area contributed by atoms with Crippen LogP contribution in [0.25, 0.3) is 0 Å². The van der Waals surface area contributed by atoms with Gasteiger partial charge >= 0.3 is 0 Å². The van der Waals surface area contributed by atoms with Gasteiger partial charge in [-0.3, -0.25) is 14.2 Å². The molecular weight excluding hydrogens is 426 g/mol. The number of hydrogen-bond donors (Lipinski definition) is 1. The minimum atomic E-state index is -0.173. The lowest BCUT2D eigenvalue weighted by Crippen LogP contribution is -2.26. The third-order valence-corrected chi connectivity index (χ3v) is 6.69. The number of fused-ring (bicyclic) bond motifs is 1. The first-order valence-corrected chi connectivity index (χ1v) is 11.4. The Hall–Kier alpha value is -2.22. The van der Waals surface area contributed by atoms with Crippen LogP contribution in [0.2, 0.25) is 5.02 Å². The van der Waals surface area contributed by atoms with Gasteiger partial charge in [0.1, 0.15) is 0 Å². The van der Waals surface area contributed by atoms with E-state index in [9.17, 15) is 9.59 Å². The predicted molar refractivity (Wildman–Crippen MR) is 119 cm³/mol. The monoisotopic (exact) mass is 443 g/mol. The van der Waals surface area contributed by atoms with Gasteiger partial charge in [-0.1, -0.05) is 59.8 Å². The Kier molecular flexibility index (Phi) is 6.28. The van der Waals surface area contributed by atoms with Crippen molar-refractivity contribution >= 4 is 46.7 Å². The van der Waals surface area contributed by atoms with E-state index >= 15 is 0 Å². The van der Waals surface area contributed by atoms with E-state index in [0.717, 1.165) is 28.3 Å². The second-order valence-corrected chi connectivity index (χ2v) is 8.98. The van der Waals surface area contributed by atoms with Crippen LogP contribution >= 0.6 is 35.1 Å². The van der Waals surface area contributed by atoms with E-state index in [1.54, 1.807) is 40.6 Å². The third kappa shape index (κ3) is 4.86. The van der Waals surface area contributed by atoms with Gasteiger partial charge in [-0.15, -0.1) is 11.8 Å². The smallest absolute Gasteiger partial charge is 0.268 e. The molecule has 3 aromatic rings. The molecule has 29 heavy (non-hydrogen) atoms. The van der Waals surface area contributed by atoms with E-state index < -0.39 is 0 Å². The van der Waals surface area contributed by atoms with Crippen LogP contribution in [-0.2, 0) is 17.8 Å². The Morgan fingerprint density at radius 2 is 2.03 bits per heavy atom. The van der Waals surface area contributed by atoms with E-state index in [1.165, 1.54) is 11.8 Å². The second-order valence-electron chi connectivity index (χ2n) is 6.49. The molecule has 0 bridgehead atoms. The normalized spacial score (nSPS) is 12.6. The van der Waals surface area contributed by atoms with Gasteiger partial charge in [-0.05, 0) is 23.8 Å². The molecule has 1 N–H and O–H groups in total. The summed E-state index contributed by atoms with van der Waals surface area (Å²) in [5.41, 5.74) is 2.47. The summed E-state index contributed by atoms with van der Waals surface area (Å²) in [7, 11) is 0. The Morgan fingerprint density at radius 3 is 2.83 bits per heavy atom. The molecule has 0 saturated carbocycles. The SMILES string of the molecule is O=C(CSc1nc2c(c(=O)n1Cc1ccccc1)SCC2)Nc1cccc(Cl)c1. The molecule has 1 aliphatic rings. The van der Waals surface area contributed by atoms with E-state index in [2.05, 4.69) is 5.32 Å². The van der Waals surface area contributed by atoms with E-state index in [0.29, 0.717) is 22.4 Å². The van der Waals surface area contributed by atoms with Crippen LogP contribution in [0, 0.1) is 0 Å². The molecule has 2 aromatic carbocycles. The first kappa shape index (κ1) is 20.1. The molecule has 148 valence electrons. The number of aromatic nitrogens is 2. The number of benzene rings is 2. The van der Waals surface area contributed by atoms with Crippen molar-refractivity contribution in [3.8, 4) is 0 Å². The maximum absolute atomic E-state index is 13.0. The summed E-state index contributed by atoms with van der Waals surface area (Å²) in [6.07, 6.45) is 0.781. The van der Waals surface area contributed by atoms with E-state index in [4.69, 9.17) is 16.6 Å². The Bertz CT molecular complexity index is 1100. The zero-order valence-electron chi connectivity index (χ0n) is 15.4. The maximum atomic E-state index is 13.0.